The van der Waals surface area contributed by atoms with Gasteiger partial charge in [-0.15, -0.1) is 0 Å². The van der Waals surface area contributed by atoms with E-state index in [1.807, 2.05) is 7.05 Å². The van der Waals surface area contributed by atoms with Gasteiger partial charge in [-0.25, -0.2) is 0 Å². The Balaban J connectivity index is 2.25. The monoisotopic (exact) mass is 187 g/mol. The molecule has 13 heavy (non-hydrogen) atoms. The molecule has 1 saturated carbocycles. The summed E-state index contributed by atoms with van der Waals surface area (Å²) >= 11 is 0. The van der Waals surface area contributed by atoms with E-state index in [0.29, 0.717) is 0 Å². The molecule has 0 saturated heterocycles. The van der Waals surface area contributed by atoms with Crippen LogP contribution in [-0.2, 0) is 0 Å². The number of hydrogen-bond donors (Lipinski definition) is 2. The van der Waals surface area contributed by atoms with Gasteiger partial charge in [0, 0.05) is 6.54 Å². The van der Waals surface area contributed by atoms with Crippen molar-refractivity contribution < 1.29 is 10.2 Å². The van der Waals surface area contributed by atoms with Crippen molar-refractivity contribution in [3.8, 4) is 0 Å². The molecule has 0 aliphatic heterocycles. The van der Waals surface area contributed by atoms with Crippen LogP contribution in [0.5, 0.6) is 0 Å². The van der Waals surface area contributed by atoms with Gasteiger partial charge in [0.25, 0.3) is 0 Å². The molecule has 0 spiro atoms. The lowest BCUT2D eigenvalue weighted by molar-refractivity contribution is 0.0818. The number of rotatable bonds is 5. The molecule has 3 heteroatoms. The minimum absolute atomic E-state index is 0.0553. The molecule has 0 aromatic heterocycles. The van der Waals surface area contributed by atoms with Gasteiger partial charge in [-0.2, -0.15) is 0 Å². The SMILES string of the molecule is CN(CC1CCCC1)C(CO)CO. The third-order valence-corrected chi connectivity index (χ3v) is 3.07. The molecule has 0 bridgehead atoms. The van der Waals surface area contributed by atoms with Crippen molar-refractivity contribution in [3.05, 3.63) is 0 Å². The second-order valence-corrected chi connectivity index (χ2v) is 4.11. The van der Waals surface area contributed by atoms with Crippen LogP contribution in [0.3, 0.4) is 0 Å². The molecule has 1 rings (SSSR count). The Kier molecular flexibility index (Phi) is 4.70. The van der Waals surface area contributed by atoms with Crippen molar-refractivity contribution in [2.45, 2.75) is 31.7 Å². The van der Waals surface area contributed by atoms with Crippen LogP contribution in [-0.4, -0.2) is 48.0 Å². The fourth-order valence-corrected chi connectivity index (χ4v) is 2.09. The van der Waals surface area contributed by atoms with Crippen molar-refractivity contribution in [1.29, 1.82) is 0 Å². The van der Waals surface area contributed by atoms with Gasteiger partial charge >= 0.3 is 0 Å². The molecule has 1 fully saturated rings. The molecule has 0 aromatic rings. The summed E-state index contributed by atoms with van der Waals surface area (Å²) < 4.78 is 0. The van der Waals surface area contributed by atoms with Gasteiger partial charge in [-0.1, -0.05) is 12.8 Å². The van der Waals surface area contributed by atoms with Crippen LogP contribution in [0.2, 0.25) is 0 Å². The first kappa shape index (κ1) is 11.0. The Morgan fingerprint density at radius 2 is 1.77 bits per heavy atom. The predicted molar refractivity (Wildman–Crippen MR) is 52.5 cm³/mol. The smallest absolute Gasteiger partial charge is 0.0609 e. The summed E-state index contributed by atoms with van der Waals surface area (Å²) in [4.78, 5) is 2.08. The van der Waals surface area contributed by atoms with E-state index in [0.717, 1.165) is 12.5 Å². The largest absolute Gasteiger partial charge is 0.395 e. The van der Waals surface area contributed by atoms with Gasteiger partial charge in [0.15, 0.2) is 0 Å². The molecule has 0 atom stereocenters. The molecule has 1 aliphatic carbocycles. The van der Waals surface area contributed by atoms with Gasteiger partial charge in [0.2, 0.25) is 0 Å². The highest BCUT2D eigenvalue weighted by Crippen LogP contribution is 2.25. The third-order valence-electron chi connectivity index (χ3n) is 3.07. The first-order chi connectivity index (χ1) is 6.27. The van der Waals surface area contributed by atoms with Crippen LogP contribution < -0.4 is 0 Å². The quantitative estimate of drug-likeness (QED) is 0.657. The predicted octanol–water partition coefficient (Wildman–Crippen LogP) is 0.462. The van der Waals surface area contributed by atoms with Crippen LogP contribution in [0.4, 0.5) is 0 Å². The first-order valence-corrected chi connectivity index (χ1v) is 5.20. The van der Waals surface area contributed by atoms with Crippen molar-refractivity contribution in [1.82, 2.24) is 4.90 Å². The zero-order valence-electron chi connectivity index (χ0n) is 8.45. The highest BCUT2D eigenvalue weighted by Gasteiger charge is 2.20. The van der Waals surface area contributed by atoms with E-state index in [2.05, 4.69) is 4.90 Å². The van der Waals surface area contributed by atoms with Crippen LogP contribution in [0.25, 0.3) is 0 Å². The van der Waals surface area contributed by atoms with E-state index in [1.165, 1.54) is 25.7 Å². The Morgan fingerprint density at radius 1 is 1.23 bits per heavy atom. The Hall–Kier alpha value is -0.120. The second kappa shape index (κ2) is 5.58. The van der Waals surface area contributed by atoms with Gasteiger partial charge in [0.05, 0.1) is 19.3 Å². The summed E-state index contributed by atoms with van der Waals surface area (Å²) in [6, 6.07) is -0.0689. The normalized spacial score (nSPS) is 19.2. The van der Waals surface area contributed by atoms with E-state index >= 15 is 0 Å². The average molecular weight is 187 g/mol. The Morgan fingerprint density at radius 3 is 2.23 bits per heavy atom. The molecule has 3 nitrogen and oxygen atoms in total. The lowest BCUT2D eigenvalue weighted by Gasteiger charge is -2.27. The van der Waals surface area contributed by atoms with Crippen molar-refractivity contribution in [2.24, 2.45) is 5.92 Å². The van der Waals surface area contributed by atoms with Gasteiger partial charge in [-0.3, -0.25) is 4.90 Å². The molecule has 0 heterocycles. The van der Waals surface area contributed by atoms with Crippen molar-refractivity contribution >= 4 is 0 Å². The molecule has 2 N–H and O–H groups in total. The fraction of sp³-hybridized carbons (Fsp3) is 1.00. The summed E-state index contributed by atoms with van der Waals surface area (Å²) in [5, 5.41) is 17.9. The van der Waals surface area contributed by atoms with E-state index in [-0.39, 0.29) is 19.3 Å². The van der Waals surface area contributed by atoms with Crippen LogP contribution in [0, 0.1) is 5.92 Å². The minimum Gasteiger partial charge on any atom is -0.395 e. The maximum atomic E-state index is 8.97. The number of aliphatic hydroxyl groups is 2. The van der Waals surface area contributed by atoms with E-state index < -0.39 is 0 Å². The molecule has 1 aliphatic rings. The highest BCUT2D eigenvalue weighted by molar-refractivity contribution is 4.74. The molecule has 0 radical (unpaired) electrons. The Labute approximate surface area is 80.4 Å². The first-order valence-electron chi connectivity index (χ1n) is 5.20. The zero-order chi connectivity index (χ0) is 9.68. The molecule has 0 unspecified atom stereocenters. The van der Waals surface area contributed by atoms with Gasteiger partial charge in [-0.05, 0) is 25.8 Å². The number of likely N-dealkylation sites (N-methyl/N-ethyl adjacent to an activating group) is 1. The van der Waals surface area contributed by atoms with Crippen LogP contribution in [0.1, 0.15) is 25.7 Å². The summed E-state index contributed by atoms with van der Waals surface area (Å²) in [7, 11) is 1.98. The second-order valence-electron chi connectivity index (χ2n) is 4.11. The van der Waals surface area contributed by atoms with Crippen LogP contribution in [0.15, 0.2) is 0 Å². The fourth-order valence-electron chi connectivity index (χ4n) is 2.09. The van der Waals surface area contributed by atoms with Crippen LogP contribution >= 0.6 is 0 Å². The average Bonchev–Trinajstić information content (AvgIpc) is 2.59. The van der Waals surface area contributed by atoms with Crippen molar-refractivity contribution in [2.75, 3.05) is 26.8 Å². The molecule has 78 valence electrons. The topological polar surface area (TPSA) is 43.7 Å². The summed E-state index contributed by atoms with van der Waals surface area (Å²) in [5.41, 5.74) is 0. The lowest BCUT2D eigenvalue weighted by Crippen LogP contribution is -2.40. The molecular formula is C10H21NO2. The van der Waals surface area contributed by atoms with E-state index in [4.69, 9.17) is 10.2 Å². The molecule has 0 amide bonds. The molecule has 0 aromatic carbocycles. The zero-order valence-corrected chi connectivity index (χ0v) is 8.45. The van der Waals surface area contributed by atoms with Crippen molar-refractivity contribution in [3.63, 3.8) is 0 Å². The molecular weight excluding hydrogens is 166 g/mol. The van der Waals surface area contributed by atoms with E-state index in [1.54, 1.807) is 0 Å². The lowest BCUT2D eigenvalue weighted by atomic mass is 10.1. The van der Waals surface area contributed by atoms with E-state index in [9.17, 15) is 0 Å². The minimum atomic E-state index is -0.0689. The number of hydrogen-bond acceptors (Lipinski definition) is 3. The van der Waals surface area contributed by atoms with Gasteiger partial charge < -0.3 is 10.2 Å². The maximum absolute atomic E-state index is 8.97. The third kappa shape index (κ3) is 3.25. The summed E-state index contributed by atoms with van der Waals surface area (Å²) in [5.74, 6) is 0.783. The summed E-state index contributed by atoms with van der Waals surface area (Å²) in [6.07, 6.45) is 5.32. The summed E-state index contributed by atoms with van der Waals surface area (Å²) in [6.45, 7) is 1.13. The highest BCUT2D eigenvalue weighted by atomic mass is 16.3. The maximum Gasteiger partial charge on any atom is 0.0609 e. The van der Waals surface area contributed by atoms with Gasteiger partial charge in [0.1, 0.15) is 0 Å². The number of nitrogens with zero attached hydrogens (tertiary/aromatic N) is 1. The Bertz CT molecular complexity index is 131. The standard InChI is InChI=1S/C10H21NO2/c1-11(10(7-12)8-13)6-9-4-2-3-5-9/h9-10,12-13H,2-8H2,1H3. The number of aliphatic hydroxyl groups excluding tert-OH is 2.